The molecule has 100 valence electrons. The van der Waals surface area contributed by atoms with E-state index in [1.807, 2.05) is 0 Å². The van der Waals surface area contributed by atoms with Crippen molar-refractivity contribution in [2.24, 2.45) is 0 Å². The lowest BCUT2D eigenvalue weighted by Crippen LogP contribution is -1.99. The van der Waals surface area contributed by atoms with E-state index >= 15 is 0 Å². The first-order valence-corrected chi connectivity index (χ1v) is 7.49. The Kier molecular flexibility index (Phi) is 3.75. The van der Waals surface area contributed by atoms with Crippen LogP contribution >= 0.6 is 15.9 Å². The maximum Gasteiger partial charge on any atom is 0.0401 e. The molecule has 0 radical (unpaired) electrons. The highest BCUT2D eigenvalue weighted by atomic mass is 79.9. The molecule has 1 nitrogen and oxygen atoms in total. The molecule has 0 amide bonds. The van der Waals surface area contributed by atoms with Crippen LogP contribution in [-0.2, 0) is 6.54 Å². The minimum Gasteiger partial charge on any atom is -0.381 e. The molecule has 0 aliphatic heterocycles. The van der Waals surface area contributed by atoms with Crippen LogP contribution in [0.5, 0.6) is 0 Å². The zero-order valence-electron chi connectivity index (χ0n) is 11.4. The third-order valence-corrected chi connectivity index (χ3v) is 4.34. The molecule has 1 N–H and O–H groups in total. The Morgan fingerprint density at radius 1 is 0.900 bits per heavy atom. The summed E-state index contributed by atoms with van der Waals surface area (Å²) in [4.78, 5) is 0. The van der Waals surface area contributed by atoms with E-state index < -0.39 is 0 Å². The molecule has 0 atom stereocenters. The summed E-state index contributed by atoms with van der Waals surface area (Å²) in [5.74, 6) is 0. The van der Waals surface area contributed by atoms with Crippen molar-refractivity contribution in [1.82, 2.24) is 0 Å². The number of anilines is 1. The topological polar surface area (TPSA) is 12.0 Å². The SMILES string of the molecule is Cc1ccc(CNc2ccc3ccccc3c2)cc1Br. The van der Waals surface area contributed by atoms with Gasteiger partial charge in [0.15, 0.2) is 0 Å². The van der Waals surface area contributed by atoms with Gasteiger partial charge in [0.2, 0.25) is 0 Å². The summed E-state index contributed by atoms with van der Waals surface area (Å²) < 4.78 is 1.16. The van der Waals surface area contributed by atoms with Gasteiger partial charge in [-0.05, 0) is 47.0 Å². The van der Waals surface area contributed by atoms with E-state index in [1.54, 1.807) is 0 Å². The fourth-order valence-electron chi connectivity index (χ4n) is 2.25. The summed E-state index contributed by atoms with van der Waals surface area (Å²) in [6.45, 7) is 2.93. The van der Waals surface area contributed by atoms with Crippen LogP contribution in [-0.4, -0.2) is 0 Å². The highest BCUT2D eigenvalue weighted by Gasteiger charge is 1.99. The molecule has 0 heterocycles. The minimum absolute atomic E-state index is 0.831. The van der Waals surface area contributed by atoms with Gasteiger partial charge >= 0.3 is 0 Å². The molecule has 2 heteroatoms. The van der Waals surface area contributed by atoms with Gasteiger partial charge in [-0.25, -0.2) is 0 Å². The normalized spacial score (nSPS) is 10.7. The fourth-order valence-corrected chi connectivity index (χ4v) is 2.68. The molecular weight excluding hydrogens is 310 g/mol. The number of fused-ring (bicyclic) bond motifs is 1. The van der Waals surface area contributed by atoms with Crippen molar-refractivity contribution in [2.75, 3.05) is 5.32 Å². The molecule has 0 aromatic heterocycles. The largest absolute Gasteiger partial charge is 0.381 e. The molecule has 3 aromatic rings. The fraction of sp³-hybridized carbons (Fsp3) is 0.111. The van der Waals surface area contributed by atoms with Crippen LogP contribution in [0.4, 0.5) is 5.69 Å². The molecule has 0 bridgehead atoms. The number of nitrogens with one attached hydrogen (secondary N) is 1. The molecular formula is C18H16BrN. The van der Waals surface area contributed by atoms with Crippen molar-refractivity contribution in [3.8, 4) is 0 Å². The van der Waals surface area contributed by atoms with E-state index in [1.165, 1.54) is 21.9 Å². The summed E-state index contributed by atoms with van der Waals surface area (Å²) >= 11 is 3.58. The summed E-state index contributed by atoms with van der Waals surface area (Å²) in [5, 5.41) is 6.02. The van der Waals surface area contributed by atoms with E-state index in [0.29, 0.717) is 0 Å². The highest BCUT2D eigenvalue weighted by molar-refractivity contribution is 9.10. The predicted octanol–water partition coefficient (Wildman–Crippen LogP) is 5.52. The Labute approximate surface area is 127 Å². The van der Waals surface area contributed by atoms with E-state index in [2.05, 4.69) is 88.8 Å². The standard InChI is InChI=1S/C18H16BrN/c1-13-6-7-14(10-18(13)19)12-20-17-9-8-15-4-2-3-5-16(15)11-17/h2-11,20H,12H2,1H3. The van der Waals surface area contributed by atoms with Gasteiger partial charge in [-0.2, -0.15) is 0 Å². The Morgan fingerprint density at radius 3 is 2.50 bits per heavy atom. The summed E-state index contributed by atoms with van der Waals surface area (Å²) in [6, 6.07) is 21.4. The van der Waals surface area contributed by atoms with Crippen molar-refractivity contribution >= 4 is 32.4 Å². The van der Waals surface area contributed by atoms with E-state index in [4.69, 9.17) is 0 Å². The van der Waals surface area contributed by atoms with Crippen molar-refractivity contribution in [3.63, 3.8) is 0 Å². The zero-order valence-corrected chi connectivity index (χ0v) is 12.9. The first-order valence-electron chi connectivity index (χ1n) is 6.70. The highest BCUT2D eigenvalue weighted by Crippen LogP contribution is 2.21. The third kappa shape index (κ3) is 2.86. The lowest BCUT2D eigenvalue weighted by Gasteiger charge is -2.09. The zero-order chi connectivity index (χ0) is 13.9. The van der Waals surface area contributed by atoms with Crippen LogP contribution in [0.2, 0.25) is 0 Å². The first kappa shape index (κ1) is 13.2. The number of hydrogen-bond donors (Lipinski definition) is 1. The summed E-state index contributed by atoms with van der Waals surface area (Å²) in [5.41, 5.74) is 3.69. The van der Waals surface area contributed by atoms with Gasteiger partial charge in [0.05, 0.1) is 0 Å². The van der Waals surface area contributed by atoms with Gasteiger partial charge in [0.25, 0.3) is 0 Å². The van der Waals surface area contributed by atoms with Crippen molar-refractivity contribution in [3.05, 3.63) is 76.3 Å². The van der Waals surface area contributed by atoms with Gasteiger partial charge < -0.3 is 5.32 Å². The predicted molar refractivity (Wildman–Crippen MR) is 90.2 cm³/mol. The van der Waals surface area contributed by atoms with Gasteiger partial charge in [-0.15, -0.1) is 0 Å². The van der Waals surface area contributed by atoms with Crippen LogP contribution in [0.25, 0.3) is 10.8 Å². The summed E-state index contributed by atoms with van der Waals surface area (Å²) in [7, 11) is 0. The van der Waals surface area contributed by atoms with Gasteiger partial charge in [0, 0.05) is 16.7 Å². The molecule has 3 aromatic carbocycles. The van der Waals surface area contributed by atoms with E-state index in [-0.39, 0.29) is 0 Å². The molecule has 0 fully saturated rings. The second-order valence-corrected chi connectivity index (χ2v) is 5.85. The average Bonchev–Trinajstić information content (AvgIpc) is 2.48. The van der Waals surface area contributed by atoms with Crippen LogP contribution in [0.1, 0.15) is 11.1 Å². The monoisotopic (exact) mass is 325 g/mol. The Bertz CT molecular complexity index is 749. The molecule has 0 aliphatic carbocycles. The lowest BCUT2D eigenvalue weighted by atomic mass is 10.1. The van der Waals surface area contributed by atoms with E-state index in [0.717, 1.165) is 16.7 Å². The minimum atomic E-state index is 0.831. The van der Waals surface area contributed by atoms with Gasteiger partial charge in [-0.3, -0.25) is 0 Å². The number of benzene rings is 3. The lowest BCUT2D eigenvalue weighted by molar-refractivity contribution is 1.14. The number of rotatable bonds is 3. The molecule has 0 unspecified atom stereocenters. The maximum atomic E-state index is 3.58. The Morgan fingerprint density at radius 2 is 1.70 bits per heavy atom. The molecule has 0 saturated carbocycles. The molecule has 3 rings (SSSR count). The van der Waals surface area contributed by atoms with Crippen molar-refractivity contribution in [2.45, 2.75) is 13.5 Å². The summed E-state index contributed by atoms with van der Waals surface area (Å²) in [6.07, 6.45) is 0. The van der Waals surface area contributed by atoms with Crippen LogP contribution in [0, 0.1) is 6.92 Å². The third-order valence-electron chi connectivity index (χ3n) is 3.48. The second-order valence-electron chi connectivity index (χ2n) is 5.00. The van der Waals surface area contributed by atoms with Crippen molar-refractivity contribution in [1.29, 1.82) is 0 Å². The number of halogens is 1. The van der Waals surface area contributed by atoms with Gasteiger partial charge in [0.1, 0.15) is 0 Å². The second kappa shape index (κ2) is 5.68. The van der Waals surface area contributed by atoms with Crippen LogP contribution in [0.3, 0.4) is 0 Å². The number of aryl methyl sites for hydroxylation is 1. The molecule has 0 spiro atoms. The smallest absolute Gasteiger partial charge is 0.0401 e. The average molecular weight is 326 g/mol. The Balaban J connectivity index is 1.77. The molecule has 0 aliphatic rings. The quantitative estimate of drug-likeness (QED) is 0.668. The maximum absolute atomic E-state index is 3.58. The van der Waals surface area contributed by atoms with Crippen molar-refractivity contribution < 1.29 is 0 Å². The Hall–Kier alpha value is -1.80. The van der Waals surface area contributed by atoms with E-state index in [9.17, 15) is 0 Å². The first-order chi connectivity index (χ1) is 9.72. The molecule has 20 heavy (non-hydrogen) atoms. The van der Waals surface area contributed by atoms with Gasteiger partial charge in [-0.1, -0.05) is 58.4 Å². The van der Waals surface area contributed by atoms with Crippen LogP contribution in [0.15, 0.2) is 65.1 Å². The van der Waals surface area contributed by atoms with Crippen LogP contribution < -0.4 is 5.32 Å². The molecule has 0 saturated heterocycles. The number of hydrogen-bond acceptors (Lipinski definition) is 1.